The zero-order valence-electron chi connectivity index (χ0n) is 12.8. The van der Waals surface area contributed by atoms with Crippen LogP contribution in [0.5, 0.6) is 0 Å². The molecule has 1 amide bonds. The Morgan fingerprint density at radius 3 is 2.50 bits per heavy atom. The van der Waals surface area contributed by atoms with Gasteiger partial charge in [-0.25, -0.2) is 8.42 Å². The molecule has 0 bridgehead atoms. The average molecular weight is 345 g/mol. The highest BCUT2D eigenvalue weighted by atomic mass is 35.5. The van der Waals surface area contributed by atoms with Crippen molar-refractivity contribution in [1.82, 2.24) is 5.32 Å². The van der Waals surface area contributed by atoms with Crippen LogP contribution in [-0.2, 0) is 14.6 Å². The van der Waals surface area contributed by atoms with E-state index in [0.29, 0.717) is 11.4 Å². The first kappa shape index (κ1) is 17.1. The Bertz CT molecular complexity index is 629. The molecule has 2 rings (SSSR count). The molecule has 0 unspecified atom stereocenters. The number of amides is 1. The van der Waals surface area contributed by atoms with Crippen molar-refractivity contribution in [2.24, 2.45) is 0 Å². The highest BCUT2D eigenvalue weighted by Gasteiger charge is 2.29. The number of anilines is 1. The van der Waals surface area contributed by atoms with Crippen molar-refractivity contribution < 1.29 is 13.2 Å². The lowest BCUT2D eigenvalue weighted by molar-refractivity contribution is -0.120. The molecule has 1 saturated heterocycles. The summed E-state index contributed by atoms with van der Waals surface area (Å²) in [6, 6.07) is 7.18. The third-order valence-electron chi connectivity index (χ3n) is 3.69. The second kappa shape index (κ2) is 6.87. The molecule has 0 spiro atoms. The highest BCUT2D eigenvalue weighted by molar-refractivity contribution is 7.91. The first-order valence-electron chi connectivity index (χ1n) is 7.29. The summed E-state index contributed by atoms with van der Waals surface area (Å²) < 4.78 is 22.9. The molecule has 0 aliphatic carbocycles. The summed E-state index contributed by atoms with van der Waals surface area (Å²) in [5.41, 5.74) is 0.911. The molecule has 5 nitrogen and oxygen atoms in total. The average Bonchev–Trinajstić information content (AvgIpc) is 2.76. The Hall–Kier alpha value is -1.27. The molecular weight excluding hydrogens is 324 g/mol. The molecule has 1 atom stereocenters. The van der Waals surface area contributed by atoms with Crippen LogP contribution in [0.15, 0.2) is 24.3 Å². The third kappa shape index (κ3) is 4.61. The first-order chi connectivity index (χ1) is 10.3. The van der Waals surface area contributed by atoms with Crippen molar-refractivity contribution in [1.29, 1.82) is 0 Å². The van der Waals surface area contributed by atoms with Gasteiger partial charge in [0.2, 0.25) is 5.91 Å². The zero-order chi connectivity index (χ0) is 16.3. The van der Waals surface area contributed by atoms with Crippen LogP contribution in [0.2, 0.25) is 5.02 Å². The van der Waals surface area contributed by atoms with Crippen molar-refractivity contribution in [3.05, 3.63) is 29.3 Å². The van der Waals surface area contributed by atoms with Crippen LogP contribution in [-0.4, -0.2) is 44.5 Å². The predicted octanol–water partition coefficient (Wildman–Crippen LogP) is 1.86. The van der Waals surface area contributed by atoms with E-state index >= 15 is 0 Å². The number of carbonyl (C=O) groups is 1. The Kier molecular flexibility index (Phi) is 5.34. The van der Waals surface area contributed by atoms with Crippen LogP contribution in [0.4, 0.5) is 5.69 Å². The van der Waals surface area contributed by atoms with E-state index in [9.17, 15) is 13.2 Å². The van der Waals surface area contributed by atoms with Crippen molar-refractivity contribution in [3.8, 4) is 0 Å². The molecule has 22 heavy (non-hydrogen) atoms. The lowest BCUT2D eigenvalue weighted by Gasteiger charge is -2.29. The molecule has 1 aromatic rings. The number of halogens is 1. The summed E-state index contributed by atoms with van der Waals surface area (Å²) in [6.07, 6.45) is 0.497. The van der Waals surface area contributed by atoms with Gasteiger partial charge in [-0.2, -0.15) is 0 Å². The Morgan fingerprint density at radius 2 is 2.00 bits per heavy atom. The van der Waals surface area contributed by atoms with Crippen molar-refractivity contribution in [3.63, 3.8) is 0 Å². The maximum absolute atomic E-state index is 12.2. The number of benzene rings is 1. The summed E-state index contributed by atoms with van der Waals surface area (Å²) in [7, 11) is -2.99. The third-order valence-corrected chi connectivity index (χ3v) is 5.71. The van der Waals surface area contributed by atoms with E-state index in [-0.39, 0.29) is 36.0 Å². The van der Waals surface area contributed by atoms with E-state index in [0.717, 1.165) is 5.69 Å². The van der Waals surface area contributed by atoms with Gasteiger partial charge in [-0.05, 0) is 44.5 Å². The summed E-state index contributed by atoms with van der Waals surface area (Å²) in [5, 5.41) is 3.46. The van der Waals surface area contributed by atoms with Gasteiger partial charge in [0, 0.05) is 22.8 Å². The SMILES string of the molecule is CC(C)N(CC(=O)N[C@@H]1CCS(=O)(=O)C1)c1ccc(Cl)cc1. The number of hydrogen-bond donors (Lipinski definition) is 1. The molecule has 7 heteroatoms. The molecular formula is C15H21ClN2O3S. The van der Waals surface area contributed by atoms with E-state index in [4.69, 9.17) is 11.6 Å². The second-order valence-corrected chi connectivity index (χ2v) is 8.53. The van der Waals surface area contributed by atoms with Crippen LogP contribution in [0.1, 0.15) is 20.3 Å². The molecule has 0 aromatic heterocycles. The zero-order valence-corrected chi connectivity index (χ0v) is 14.3. The number of nitrogens with one attached hydrogen (secondary N) is 1. The van der Waals surface area contributed by atoms with Gasteiger partial charge in [0.05, 0.1) is 18.1 Å². The minimum Gasteiger partial charge on any atom is -0.360 e. The van der Waals surface area contributed by atoms with Crippen LogP contribution < -0.4 is 10.2 Å². The van der Waals surface area contributed by atoms with Crippen LogP contribution >= 0.6 is 11.6 Å². The smallest absolute Gasteiger partial charge is 0.239 e. The topological polar surface area (TPSA) is 66.5 Å². The van der Waals surface area contributed by atoms with Crippen LogP contribution in [0, 0.1) is 0 Å². The monoisotopic (exact) mass is 344 g/mol. The minimum atomic E-state index is -2.99. The number of sulfone groups is 1. The van der Waals surface area contributed by atoms with Gasteiger partial charge >= 0.3 is 0 Å². The number of rotatable bonds is 5. The standard InChI is InChI=1S/C15H21ClN2O3S/c1-11(2)18(14-5-3-12(16)4-6-14)9-15(19)17-13-7-8-22(20,21)10-13/h3-6,11,13H,7-10H2,1-2H3,(H,17,19)/t13-/m1/s1. The van der Waals surface area contributed by atoms with Crippen molar-refractivity contribution >= 4 is 33.0 Å². The summed E-state index contributed by atoms with van der Waals surface area (Å²) in [6.45, 7) is 4.19. The fourth-order valence-electron chi connectivity index (χ4n) is 2.54. The van der Waals surface area contributed by atoms with Crippen LogP contribution in [0.25, 0.3) is 0 Å². The van der Waals surface area contributed by atoms with E-state index in [1.165, 1.54) is 0 Å². The van der Waals surface area contributed by atoms with E-state index in [1.54, 1.807) is 12.1 Å². The maximum Gasteiger partial charge on any atom is 0.239 e. The summed E-state index contributed by atoms with van der Waals surface area (Å²) in [4.78, 5) is 14.1. The molecule has 122 valence electrons. The molecule has 1 aliphatic rings. The Morgan fingerprint density at radius 1 is 1.36 bits per heavy atom. The number of hydrogen-bond acceptors (Lipinski definition) is 4. The van der Waals surface area contributed by atoms with Gasteiger partial charge < -0.3 is 10.2 Å². The lowest BCUT2D eigenvalue weighted by atomic mass is 10.2. The largest absolute Gasteiger partial charge is 0.360 e. The lowest BCUT2D eigenvalue weighted by Crippen LogP contribution is -2.44. The van der Waals surface area contributed by atoms with E-state index in [2.05, 4.69) is 5.32 Å². The molecule has 1 aliphatic heterocycles. The summed E-state index contributed by atoms with van der Waals surface area (Å²) >= 11 is 5.89. The van der Waals surface area contributed by atoms with E-state index in [1.807, 2.05) is 30.9 Å². The van der Waals surface area contributed by atoms with Gasteiger partial charge in [-0.3, -0.25) is 4.79 Å². The van der Waals surface area contributed by atoms with Gasteiger partial charge in [-0.1, -0.05) is 11.6 Å². The van der Waals surface area contributed by atoms with Crippen LogP contribution in [0.3, 0.4) is 0 Å². The molecule has 0 saturated carbocycles. The van der Waals surface area contributed by atoms with Gasteiger partial charge in [0.15, 0.2) is 9.84 Å². The highest BCUT2D eigenvalue weighted by Crippen LogP contribution is 2.20. The van der Waals surface area contributed by atoms with E-state index < -0.39 is 9.84 Å². The molecule has 1 N–H and O–H groups in total. The Labute approximate surface area is 136 Å². The fourth-order valence-corrected chi connectivity index (χ4v) is 4.34. The number of nitrogens with zero attached hydrogens (tertiary/aromatic N) is 1. The molecule has 1 heterocycles. The van der Waals surface area contributed by atoms with Gasteiger partial charge in [0.25, 0.3) is 0 Å². The maximum atomic E-state index is 12.2. The quantitative estimate of drug-likeness (QED) is 0.885. The van der Waals surface area contributed by atoms with Gasteiger partial charge in [-0.15, -0.1) is 0 Å². The fraction of sp³-hybridized carbons (Fsp3) is 0.533. The normalized spacial score (nSPS) is 20.1. The van der Waals surface area contributed by atoms with Crippen molar-refractivity contribution in [2.45, 2.75) is 32.4 Å². The Balaban J connectivity index is 1.99. The minimum absolute atomic E-state index is 0.0430. The molecule has 0 radical (unpaired) electrons. The predicted molar refractivity (Wildman–Crippen MR) is 89.1 cm³/mol. The summed E-state index contributed by atoms with van der Waals surface area (Å²) in [5.74, 6) is 0.0375. The second-order valence-electron chi connectivity index (χ2n) is 5.87. The molecule has 1 fully saturated rings. The van der Waals surface area contributed by atoms with Gasteiger partial charge in [0.1, 0.15) is 0 Å². The van der Waals surface area contributed by atoms with Crippen molar-refractivity contribution in [2.75, 3.05) is 23.0 Å². The molecule has 1 aromatic carbocycles. The first-order valence-corrected chi connectivity index (χ1v) is 9.49. The number of carbonyl (C=O) groups excluding carboxylic acids is 1.